The zero-order chi connectivity index (χ0) is 26.9. The van der Waals surface area contributed by atoms with Crippen molar-refractivity contribution in [1.82, 2.24) is 4.98 Å². The Morgan fingerprint density at radius 2 is 1.82 bits per heavy atom. The van der Waals surface area contributed by atoms with Crippen molar-refractivity contribution in [1.29, 1.82) is 0 Å². The first-order valence-electron chi connectivity index (χ1n) is 13.0. The van der Waals surface area contributed by atoms with E-state index >= 15 is 0 Å². The fourth-order valence-electron chi connectivity index (χ4n) is 5.20. The summed E-state index contributed by atoms with van der Waals surface area (Å²) in [4.78, 5) is 20.1. The molecule has 0 unspecified atom stereocenters. The monoisotopic (exact) mass is 546 g/mol. The van der Waals surface area contributed by atoms with Gasteiger partial charge in [-0.2, -0.15) is 8.78 Å². The Hall–Kier alpha value is -3.05. The third-order valence-electron chi connectivity index (χ3n) is 7.76. The van der Waals surface area contributed by atoms with Crippen LogP contribution in [0.4, 0.5) is 26.1 Å². The Kier molecular flexibility index (Phi) is 7.41. The van der Waals surface area contributed by atoms with Crippen LogP contribution in [0.15, 0.2) is 52.9 Å². The lowest BCUT2D eigenvalue weighted by atomic mass is 10.0. The van der Waals surface area contributed by atoms with Gasteiger partial charge in [-0.3, -0.25) is 4.79 Å². The van der Waals surface area contributed by atoms with Gasteiger partial charge < -0.3 is 20.6 Å². The molecule has 8 nitrogen and oxygen atoms in total. The van der Waals surface area contributed by atoms with Crippen molar-refractivity contribution in [2.24, 2.45) is 0 Å². The maximum Gasteiger partial charge on any atom is 0.269 e. The van der Waals surface area contributed by atoms with Crippen molar-refractivity contribution < 1.29 is 27.1 Å². The van der Waals surface area contributed by atoms with Crippen LogP contribution in [-0.2, 0) is 9.84 Å². The van der Waals surface area contributed by atoms with E-state index in [0.29, 0.717) is 30.2 Å². The van der Waals surface area contributed by atoms with Gasteiger partial charge in [0.15, 0.2) is 9.84 Å². The molecule has 0 radical (unpaired) electrons. The summed E-state index contributed by atoms with van der Waals surface area (Å²) in [5.74, 6) is 0.371. The third kappa shape index (κ3) is 5.54. The summed E-state index contributed by atoms with van der Waals surface area (Å²) in [6.07, 6.45) is 3.37. The van der Waals surface area contributed by atoms with Crippen LogP contribution >= 0.6 is 0 Å². The highest BCUT2D eigenvalue weighted by atomic mass is 32.2. The number of anilines is 3. The van der Waals surface area contributed by atoms with Crippen molar-refractivity contribution in [3.8, 4) is 0 Å². The molecule has 1 aromatic heterocycles. The summed E-state index contributed by atoms with van der Waals surface area (Å²) in [6, 6.07) is 9.55. The Bertz CT molecular complexity index is 1340. The summed E-state index contributed by atoms with van der Waals surface area (Å²) in [5, 5.41) is 15.3. The van der Waals surface area contributed by atoms with E-state index in [4.69, 9.17) is 0 Å². The number of piperidine rings is 1. The molecule has 2 aliphatic carbocycles. The summed E-state index contributed by atoms with van der Waals surface area (Å²) < 4.78 is 52.3. The second kappa shape index (κ2) is 10.6. The van der Waals surface area contributed by atoms with E-state index in [1.807, 2.05) is 4.90 Å². The van der Waals surface area contributed by atoms with E-state index in [2.05, 4.69) is 15.6 Å². The van der Waals surface area contributed by atoms with E-state index < -0.39 is 32.6 Å². The normalized spacial score (nSPS) is 19.3. The standard InChI is InChI=1S/C27H32F2N4O4S/c28-24(29)18-10-14-33(15-11-18)25-22(8-9-23(31-25)32-27(17-34)12-13-27)26(35)30-19-4-3-7-21(16-19)38(36,37)20-5-1-2-6-20/h3-4,7-9,16,20,34H,1-2,5-6,10-15,17H2,(H,30,35)(H,31,32). The fourth-order valence-corrected chi connectivity index (χ4v) is 7.10. The first-order valence-corrected chi connectivity index (χ1v) is 14.6. The molecule has 5 rings (SSSR count). The Balaban J connectivity index is 1.40. The topological polar surface area (TPSA) is 112 Å². The molecular weight excluding hydrogens is 514 g/mol. The summed E-state index contributed by atoms with van der Waals surface area (Å²) in [6.45, 7) is 0.521. The molecule has 11 heteroatoms. The minimum atomic E-state index is -3.49. The molecular formula is C27H32F2N4O4S. The number of halogens is 2. The van der Waals surface area contributed by atoms with Crippen LogP contribution in [0.1, 0.15) is 61.7 Å². The molecule has 0 atom stereocenters. The molecule has 3 fully saturated rings. The van der Waals surface area contributed by atoms with Crippen molar-refractivity contribution in [2.75, 3.05) is 35.2 Å². The minimum absolute atomic E-state index is 0.0417. The Labute approximate surface area is 221 Å². The smallest absolute Gasteiger partial charge is 0.269 e. The number of aliphatic hydroxyl groups excluding tert-OH is 1. The average molecular weight is 547 g/mol. The number of amides is 1. The van der Waals surface area contributed by atoms with Gasteiger partial charge in [0.2, 0.25) is 0 Å². The predicted molar refractivity (Wildman–Crippen MR) is 141 cm³/mol. The van der Waals surface area contributed by atoms with Crippen LogP contribution in [0.25, 0.3) is 0 Å². The average Bonchev–Trinajstić information content (AvgIpc) is 3.45. The molecule has 1 amide bonds. The highest BCUT2D eigenvalue weighted by molar-refractivity contribution is 7.92. The van der Waals surface area contributed by atoms with Gasteiger partial charge in [-0.25, -0.2) is 13.4 Å². The first kappa shape index (κ1) is 26.6. The molecule has 204 valence electrons. The quantitative estimate of drug-likeness (QED) is 0.439. The molecule has 3 aliphatic rings. The van der Waals surface area contributed by atoms with E-state index in [9.17, 15) is 27.1 Å². The van der Waals surface area contributed by atoms with Crippen molar-refractivity contribution in [3.05, 3.63) is 53.6 Å². The zero-order valence-electron chi connectivity index (χ0n) is 21.1. The van der Waals surface area contributed by atoms with Crippen LogP contribution in [0.3, 0.4) is 0 Å². The van der Waals surface area contributed by atoms with Crippen molar-refractivity contribution in [2.45, 2.75) is 67.1 Å². The second-order valence-corrected chi connectivity index (χ2v) is 12.6. The lowest BCUT2D eigenvalue weighted by Crippen LogP contribution is -2.34. The first-order chi connectivity index (χ1) is 18.2. The molecule has 0 bridgehead atoms. The molecule has 1 aromatic carbocycles. The summed E-state index contributed by atoms with van der Waals surface area (Å²) >= 11 is 0. The second-order valence-electron chi connectivity index (χ2n) is 10.4. The molecule has 2 heterocycles. The van der Waals surface area contributed by atoms with Crippen LogP contribution in [0, 0.1) is 0 Å². The maximum absolute atomic E-state index is 13.4. The van der Waals surface area contributed by atoms with E-state index in [1.54, 1.807) is 30.3 Å². The van der Waals surface area contributed by atoms with E-state index in [1.165, 1.54) is 6.07 Å². The summed E-state index contributed by atoms with van der Waals surface area (Å²) in [5.41, 5.74) is 0.289. The number of rotatable bonds is 8. The number of pyridine rings is 1. The number of aromatic nitrogens is 1. The minimum Gasteiger partial charge on any atom is -0.394 e. The van der Waals surface area contributed by atoms with Gasteiger partial charge in [0.05, 0.1) is 27.9 Å². The van der Waals surface area contributed by atoms with Gasteiger partial charge in [-0.1, -0.05) is 18.9 Å². The zero-order valence-corrected chi connectivity index (χ0v) is 21.9. The van der Waals surface area contributed by atoms with Gasteiger partial charge in [-0.15, -0.1) is 0 Å². The van der Waals surface area contributed by atoms with Gasteiger partial charge in [-0.05, 0) is 74.4 Å². The van der Waals surface area contributed by atoms with Crippen LogP contribution < -0.4 is 15.5 Å². The van der Waals surface area contributed by atoms with Gasteiger partial charge in [0.25, 0.3) is 12.0 Å². The van der Waals surface area contributed by atoms with Gasteiger partial charge in [0.1, 0.15) is 11.6 Å². The predicted octanol–water partition coefficient (Wildman–Crippen LogP) is 4.74. The number of nitrogens with zero attached hydrogens (tertiary/aromatic N) is 2. The molecule has 0 spiro atoms. The SMILES string of the molecule is O=C(Nc1cccc(S(=O)(=O)C2CCCC2)c1)c1ccc(NC2(CO)CC2)nc1N1CCC(=C(F)F)CC1. The number of benzene rings is 1. The van der Waals surface area contributed by atoms with Gasteiger partial charge >= 0.3 is 0 Å². The van der Waals surface area contributed by atoms with Crippen LogP contribution in [-0.4, -0.2) is 54.9 Å². The van der Waals surface area contributed by atoms with Crippen molar-refractivity contribution in [3.63, 3.8) is 0 Å². The number of carbonyl (C=O) groups is 1. The molecule has 1 aliphatic heterocycles. The molecule has 2 saturated carbocycles. The van der Waals surface area contributed by atoms with Crippen LogP contribution in [0.5, 0.6) is 0 Å². The highest BCUT2D eigenvalue weighted by Crippen LogP contribution is 2.39. The van der Waals surface area contributed by atoms with E-state index in [-0.39, 0.29) is 48.6 Å². The lowest BCUT2D eigenvalue weighted by molar-refractivity contribution is 0.102. The lowest BCUT2D eigenvalue weighted by Gasteiger charge is -2.31. The Morgan fingerprint density at radius 1 is 1.11 bits per heavy atom. The molecule has 3 N–H and O–H groups in total. The summed E-state index contributed by atoms with van der Waals surface area (Å²) in [7, 11) is -3.49. The van der Waals surface area contributed by atoms with Gasteiger partial charge in [0, 0.05) is 18.8 Å². The maximum atomic E-state index is 13.4. The highest BCUT2D eigenvalue weighted by Gasteiger charge is 2.42. The molecule has 38 heavy (non-hydrogen) atoms. The number of carbonyl (C=O) groups excluding carboxylic acids is 1. The van der Waals surface area contributed by atoms with Crippen molar-refractivity contribution >= 4 is 33.1 Å². The van der Waals surface area contributed by atoms with Crippen LogP contribution in [0.2, 0.25) is 0 Å². The number of sulfone groups is 1. The molecule has 1 saturated heterocycles. The fraction of sp³-hybridized carbons (Fsp3) is 0.481. The number of aliphatic hydroxyl groups is 1. The van der Waals surface area contributed by atoms with E-state index in [0.717, 1.165) is 25.7 Å². The molecule has 2 aromatic rings. The largest absolute Gasteiger partial charge is 0.394 e. The number of hydrogen-bond donors (Lipinski definition) is 3. The Morgan fingerprint density at radius 3 is 2.45 bits per heavy atom. The number of hydrogen-bond acceptors (Lipinski definition) is 7. The third-order valence-corrected chi connectivity index (χ3v) is 10.0. The number of nitrogens with one attached hydrogen (secondary N) is 2.